The van der Waals surface area contributed by atoms with Crippen molar-refractivity contribution in [3.05, 3.63) is 12.7 Å². The van der Waals surface area contributed by atoms with Crippen molar-refractivity contribution in [2.75, 3.05) is 13.7 Å². The summed E-state index contributed by atoms with van der Waals surface area (Å²) < 4.78 is 16.1. The van der Waals surface area contributed by atoms with Crippen LogP contribution in [0.5, 0.6) is 0 Å². The van der Waals surface area contributed by atoms with E-state index in [4.69, 9.17) is 19.3 Å². The minimum atomic E-state index is -0.959. The van der Waals surface area contributed by atoms with E-state index >= 15 is 0 Å². The highest BCUT2D eigenvalue weighted by atomic mass is 16.8. The van der Waals surface area contributed by atoms with E-state index in [1.807, 2.05) is 0 Å². The molecule has 1 aliphatic heterocycles. The number of aliphatic hydroxyl groups is 2. The Balaban J connectivity index is 2.74. The first-order valence-corrected chi connectivity index (χ1v) is 5.25. The third-order valence-electron chi connectivity index (χ3n) is 2.60. The molecule has 1 aliphatic rings. The van der Waals surface area contributed by atoms with Crippen molar-refractivity contribution in [3.8, 4) is 0 Å². The molecule has 5 nitrogen and oxygen atoms in total. The number of ether oxygens (including phenoxy) is 3. The van der Waals surface area contributed by atoms with Gasteiger partial charge in [0.2, 0.25) is 0 Å². The average molecular weight is 232 g/mol. The Morgan fingerprint density at radius 3 is 2.56 bits per heavy atom. The first kappa shape index (κ1) is 13.6. The van der Waals surface area contributed by atoms with Crippen molar-refractivity contribution in [3.63, 3.8) is 0 Å². The molecule has 1 fully saturated rings. The van der Waals surface area contributed by atoms with Crippen molar-refractivity contribution >= 4 is 0 Å². The van der Waals surface area contributed by atoms with Gasteiger partial charge in [-0.25, -0.2) is 0 Å². The van der Waals surface area contributed by atoms with Crippen LogP contribution in [-0.4, -0.2) is 54.1 Å². The van der Waals surface area contributed by atoms with Gasteiger partial charge in [-0.05, 0) is 13.8 Å². The van der Waals surface area contributed by atoms with Crippen molar-refractivity contribution < 1.29 is 24.4 Å². The zero-order chi connectivity index (χ0) is 12.3. The molecular formula is C11H20O5. The molecule has 5 heteroatoms. The van der Waals surface area contributed by atoms with Gasteiger partial charge in [-0.2, -0.15) is 0 Å². The first-order valence-electron chi connectivity index (χ1n) is 5.25. The number of methoxy groups -OCH3 is 1. The maximum absolute atomic E-state index is 10.0. The lowest BCUT2D eigenvalue weighted by atomic mass is 10.0. The highest BCUT2D eigenvalue weighted by molar-refractivity contribution is 4.98. The van der Waals surface area contributed by atoms with Crippen LogP contribution >= 0.6 is 0 Å². The molecule has 1 saturated heterocycles. The second-order valence-corrected chi connectivity index (χ2v) is 4.25. The fourth-order valence-corrected chi connectivity index (χ4v) is 1.80. The summed E-state index contributed by atoms with van der Waals surface area (Å²) in [5.74, 6) is -0.766. The molecule has 0 saturated carbocycles. The van der Waals surface area contributed by atoms with Gasteiger partial charge in [-0.15, -0.1) is 6.58 Å². The molecule has 2 N–H and O–H groups in total. The molecule has 0 bridgehead atoms. The second-order valence-electron chi connectivity index (χ2n) is 4.25. The van der Waals surface area contributed by atoms with Crippen LogP contribution in [0.3, 0.4) is 0 Å². The molecule has 4 atom stereocenters. The lowest BCUT2D eigenvalue weighted by molar-refractivity contribution is -0.166. The van der Waals surface area contributed by atoms with E-state index in [0.29, 0.717) is 0 Å². The normalized spacial score (nSPS) is 32.3. The van der Waals surface area contributed by atoms with Gasteiger partial charge in [-0.3, -0.25) is 0 Å². The molecule has 0 aromatic rings. The average Bonchev–Trinajstić information content (AvgIpc) is 2.55. The number of rotatable bonds is 5. The number of aliphatic hydroxyl groups excluding tert-OH is 2. The quantitative estimate of drug-likeness (QED) is 0.656. The highest BCUT2D eigenvalue weighted by Gasteiger charge is 2.45. The lowest BCUT2D eigenvalue weighted by Crippen LogP contribution is -2.45. The largest absolute Gasteiger partial charge is 0.394 e. The summed E-state index contributed by atoms with van der Waals surface area (Å²) in [4.78, 5) is 0. The summed E-state index contributed by atoms with van der Waals surface area (Å²) >= 11 is 0. The topological polar surface area (TPSA) is 68.2 Å². The summed E-state index contributed by atoms with van der Waals surface area (Å²) in [6.45, 7) is 6.88. The van der Waals surface area contributed by atoms with Gasteiger partial charge in [0, 0.05) is 7.11 Å². The lowest BCUT2D eigenvalue weighted by Gasteiger charge is -2.26. The Labute approximate surface area is 95.6 Å². The molecule has 0 aromatic heterocycles. The highest BCUT2D eigenvalue weighted by Crippen LogP contribution is 2.31. The maximum atomic E-state index is 10.0. The van der Waals surface area contributed by atoms with Crippen LogP contribution in [0.25, 0.3) is 0 Å². The molecule has 0 aliphatic carbocycles. The Bertz CT molecular complexity index is 237. The minimum Gasteiger partial charge on any atom is -0.394 e. The summed E-state index contributed by atoms with van der Waals surface area (Å²) in [6, 6.07) is 0. The molecule has 1 heterocycles. The summed E-state index contributed by atoms with van der Waals surface area (Å²) in [5, 5.41) is 19.0. The fraction of sp³-hybridized carbons (Fsp3) is 0.818. The van der Waals surface area contributed by atoms with E-state index in [9.17, 15) is 5.11 Å². The fourth-order valence-electron chi connectivity index (χ4n) is 1.80. The third-order valence-corrected chi connectivity index (χ3v) is 2.60. The van der Waals surface area contributed by atoms with Crippen LogP contribution in [0.4, 0.5) is 0 Å². The van der Waals surface area contributed by atoms with Gasteiger partial charge in [-0.1, -0.05) is 6.08 Å². The molecule has 94 valence electrons. The van der Waals surface area contributed by atoms with Crippen LogP contribution < -0.4 is 0 Å². The zero-order valence-electron chi connectivity index (χ0n) is 9.92. The second kappa shape index (κ2) is 5.25. The first-order chi connectivity index (χ1) is 7.45. The molecule has 0 amide bonds. The zero-order valence-corrected chi connectivity index (χ0v) is 9.92. The standard InChI is InChI=1S/C11H20O5/c1-5-7-10(16-11(2,3)15-7)9(13)8(6-12)14-4/h5,7-10,12-13H,1,6H2,2-4H3/t7-,8+,9+,10+/m1/s1. The van der Waals surface area contributed by atoms with Gasteiger partial charge < -0.3 is 24.4 Å². The van der Waals surface area contributed by atoms with Gasteiger partial charge in [0.1, 0.15) is 24.4 Å². The predicted octanol–water partition coefficient (Wildman–Crippen LogP) is 0.0607. The number of hydrogen-bond donors (Lipinski definition) is 2. The van der Waals surface area contributed by atoms with Gasteiger partial charge in [0.15, 0.2) is 5.79 Å². The van der Waals surface area contributed by atoms with Gasteiger partial charge in [0.25, 0.3) is 0 Å². The van der Waals surface area contributed by atoms with E-state index in [0.717, 1.165) is 0 Å². The third kappa shape index (κ3) is 2.81. The molecule has 1 rings (SSSR count). The monoisotopic (exact) mass is 232 g/mol. The van der Waals surface area contributed by atoms with Crippen LogP contribution in [0.15, 0.2) is 12.7 Å². The number of hydrogen-bond acceptors (Lipinski definition) is 5. The summed E-state index contributed by atoms with van der Waals surface area (Å²) in [6.07, 6.45) is -1.06. The van der Waals surface area contributed by atoms with Crippen LogP contribution in [0, 0.1) is 0 Å². The SMILES string of the molecule is C=C[C@H]1OC(C)(C)O[C@@H]1[C@@H](O)[C@H](CO)OC. The Morgan fingerprint density at radius 2 is 2.12 bits per heavy atom. The predicted molar refractivity (Wildman–Crippen MR) is 57.9 cm³/mol. The molecule has 0 radical (unpaired) electrons. The van der Waals surface area contributed by atoms with E-state index < -0.39 is 30.2 Å². The van der Waals surface area contributed by atoms with Crippen molar-refractivity contribution in [2.24, 2.45) is 0 Å². The molecule has 0 spiro atoms. The van der Waals surface area contributed by atoms with E-state index in [1.165, 1.54) is 7.11 Å². The molecular weight excluding hydrogens is 212 g/mol. The van der Waals surface area contributed by atoms with E-state index in [-0.39, 0.29) is 6.61 Å². The minimum absolute atomic E-state index is 0.276. The van der Waals surface area contributed by atoms with Crippen molar-refractivity contribution in [2.45, 2.75) is 44.1 Å². The van der Waals surface area contributed by atoms with Crippen LogP contribution in [-0.2, 0) is 14.2 Å². The Morgan fingerprint density at radius 1 is 1.50 bits per heavy atom. The molecule has 16 heavy (non-hydrogen) atoms. The van der Waals surface area contributed by atoms with Gasteiger partial charge >= 0.3 is 0 Å². The Hall–Kier alpha value is -0.460. The van der Waals surface area contributed by atoms with Crippen LogP contribution in [0.1, 0.15) is 13.8 Å². The van der Waals surface area contributed by atoms with Crippen molar-refractivity contribution in [1.29, 1.82) is 0 Å². The smallest absolute Gasteiger partial charge is 0.164 e. The van der Waals surface area contributed by atoms with Crippen LogP contribution in [0.2, 0.25) is 0 Å². The van der Waals surface area contributed by atoms with E-state index in [2.05, 4.69) is 6.58 Å². The molecule has 0 aromatic carbocycles. The summed E-state index contributed by atoms with van der Waals surface area (Å²) in [5.41, 5.74) is 0. The van der Waals surface area contributed by atoms with Gasteiger partial charge in [0.05, 0.1) is 6.61 Å². The molecule has 0 unspecified atom stereocenters. The van der Waals surface area contributed by atoms with E-state index in [1.54, 1.807) is 19.9 Å². The van der Waals surface area contributed by atoms with Crippen molar-refractivity contribution in [1.82, 2.24) is 0 Å². The summed E-state index contributed by atoms with van der Waals surface area (Å²) in [7, 11) is 1.42. The Kier molecular flexibility index (Phi) is 4.46. The maximum Gasteiger partial charge on any atom is 0.164 e.